The fourth-order valence-electron chi connectivity index (χ4n) is 5.35. The normalized spacial score (nSPS) is 17.9. The van der Waals surface area contributed by atoms with E-state index in [1.807, 2.05) is 24.3 Å². The molecule has 0 radical (unpaired) electrons. The summed E-state index contributed by atoms with van der Waals surface area (Å²) in [5, 5.41) is 15.4. The highest BCUT2D eigenvalue weighted by Gasteiger charge is 2.22. The van der Waals surface area contributed by atoms with Crippen LogP contribution >= 0.6 is 11.6 Å². The van der Waals surface area contributed by atoms with Gasteiger partial charge in [-0.25, -0.2) is 0 Å². The van der Waals surface area contributed by atoms with Gasteiger partial charge in [-0.1, -0.05) is 11.6 Å². The minimum Gasteiger partial charge on any atom is -0.493 e. The second-order valence-electron chi connectivity index (χ2n) is 10.0. The molecule has 2 aromatic carbocycles. The van der Waals surface area contributed by atoms with Crippen molar-refractivity contribution < 1.29 is 18.6 Å². The average molecular weight is 547 g/mol. The van der Waals surface area contributed by atoms with E-state index in [2.05, 4.69) is 21.3 Å². The van der Waals surface area contributed by atoms with E-state index in [1.54, 1.807) is 18.5 Å². The zero-order valence-corrected chi connectivity index (χ0v) is 22.5. The number of anilines is 2. The number of rotatable bonds is 9. The SMILES string of the molecule is N#Cc1cnc2cc(OCCCN3CCCC3)cc(OC3CCCCO3)c2c1Nc1c(Cl)ccc2occc12. The standard InChI is InChI=1S/C30H31ClN4O4/c31-23-7-8-25-22(9-15-37-25)30(23)34-29-20(18-32)19-33-24-16-21(36-14-5-12-35-10-2-3-11-35)17-26(28(24)29)39-27-6-1-4-13-38-27/h7-9,15-17,19,27H,1-6,10-14H2,(H,33,34). The smallest absolute Gasteiger partial charge is 0.199 e. The summed E-state index contributed by atoms with van der Waals surface area (Å²) in [6, 6.07) is 11.5. The molecule has 0 spiro atoms. The fourth-order valence-corrected chi connectivity index (χ4v) is 5.57. The van der Waals surface area contributed by atoms with Gasteiger partial charge in [0.15, 0.2) is 6.29 Å². The Morgan fingerprint density at radius 3 is 2.85 bits per heavy atom. The molecule has 2 aliphatic heterocycles. The molecule has 6 rings (SSSR count). The Hall–Kier alpha value is -3.51. The number of ether oxygens (including phenoxy) is 3. The first kappa shape index (κ1) is 25.8. The minimum absolute atomic E-state index is 0.368. The molecule has 202 valence electrons. The number of nitrogens with one attached hydrogen (secondary N) is 1. The van der Waals surface area contributed by atoms with E-state index >= 15 is 0 Å². The molecule has 2 aromatic heterocycles. The Labute approximate surface area is 232 Å². The van der Waals surface area contributed by atoms with E-state index < -0.39 is 0 Å². The number of hydrogen-bond acceptors (Lipinski definition) is 8. The molecule has 1 unspecified atom stereocenters. The van der Waals surface area contributed by atoms with Gasteiger partial charge >= 0.3 is 0 Å². The first-order chi connectivity index (χ1) is 19.2. The molecule has 39 heavy (non-hydrogen) atoms. The first-order valence-electron chi connectivity index (χ1n) is 13.6. The third-order valence-corrected chi connectivity index (χ3v) is 7.66. The van der Waals surface area contributed by atoms with Gasteiger partial charge in [0.25, 0.3) is 0 Å². The Balaban J connectivity index is 1.37. The van der Waals surface area contributed by atoms with Gasteiger partial charge in [0.05, 0.1) is 52.3 Å². The largest absolute Gasteiger partial charge is 0.493 e. The summed E-state index contributed by atoms with van der Waals surface area (Å²) in [4.78, 5) is 7.09. The van der Waals surface area contributed by atoms with Crippen LogP contribution in [0.15, 0.2) is 47.2 Å². The summed E-state index contributed by atoms with van der Waals surface area (Å²) in [7, 11) is 0. The molecular formula is C30H31ClN4O4. The number of hydrogen-bond donors (Lipinski definition) is 1. The summed E-state index contributed by atoms with van der Waals surface area (Å²) in [5.74, 6) is 1.23. The van der Waals surface area contributed by atoms with Crippen molar-refractivity contribution in [2.24, 2.45) is 0 Å². The van der Waals surface area contributed by atoms with Crippen LogP contribution in [-0.4, -0.2) is 49.0 Å². The fraction of sp³-hybridized carbons (Fsp3) is 0.400. The number of nitrogens with zero attached hydrogens (tertiary/aromatic N) is 3. The molecule has 8 nitrogen and oxygen atoms in total. The molecule has 9 heteroatoms. The maximum absolute atomic E-state index is 10.0. The molecule has 0 saturated carbocycles. The van der Waals surface area contributed by atoms with E-state index in [0.717, 1.165) is 37.6 Å². The van der Waals surface area contributed by atoms with Gasteiger partial charge in [-0.15, -0.1) is 0 Å². The minimum atomic E-state index is -0.383. The van der Waals surface area contributed by atoms with Crippen LogP contribution in [0.3, 0.4) is 0 Å². The van der Waals surface area contributed by atoms with E-state index in [0.29, 0.717) is 63.2 Å². The van der Waals surface area contributed by atoms with Gasteiger partial charge in [0.2, 0.25) is 0 Å². The molecule has 1 N–H and O–H groups in total. The molecule has 2 aliphatic rings. The van der Waals surface area contributed by atoms with Crippen molar-refractivity contribution in [3.05, 3.63) is 53.4 Å². The lowest BCUT2D eigenvalue weighted by Gasteiger charge is -2.25. The van der Waals surface area contributed by atoms with Gasteiger partial charge < -0.3 is 28.8 Å². The molecule has 4 aromatic rings. The van der Waals surface area contributed by atoms with Crippen LogP contribution in [0.5, 0.6) is 11.5 Å². The molecule has 0 amide bonds. The van der Waals surface area contributed by atoms with E-state index in [1.165, 1.54) is 25.9 Å². The van der Waals surface area contributed by atoms with Crippen molar-refractivity contribution >= 4 is 44.8 Å². The molecule has 1 atom stereocenters. The monoisotopic (exact) mass is 546 g/mol. The van der Waals surface area contributed by atoms with Gasteiger partial charge in [0, 0.05) is 36.7 Å². The summed E-state index contributed by atoms with van der Waals surface area (Å²) >= 11 is 6.62. The Bertz CT molecular complexity index is 1500. The predicted octanol–water partition coefficient (Wildman–Crippen LogP) is 7.02. The Morgan fingerprint density at radius 2 is 2.03 bits per heavy atom. The average Bonchev–Trinajstić information content (AvgIpc) is 3.66. The zero-order chi connectivity index (χ0) is 26.6. The number of fused-ring (bicyclic) bond motifs is 2. The van der Waals surface area contributed by atoms with Crippen molar-refractivity contribution in [2.45, 2.75) is 44.8 Å². The number of benzene rings is 2. The van der Waals surface area contributed by atoms with Crippen LogP contribution in [0.2, 0.25) is 5.02 Å². The highest BCUT2D eigenvalue weighted by molar-refractivity contribution is 6.35. The van der Waals surface area contributed by atoms with E-state index in [4.69, 9.17) is 30.2 Å². The van der Waals surface area contributed by atoms with Crippen molar-refractivity contribution in [3.63, 3.8) is 0 Å². The number of nitriles is 1. The summed E-state index contributed by atoms with van der Waals surface area (Å²) in [6.45, 7) is 4.63. The molecule has 0 aliphatic carbocycles. The Kier molecular flexibility index (Phi) is 7.73. The van der Waals surface area contributed by atoms with Crippen molar-refractivity contribution in [1.82, 2.24) is 9.88 Å². The van der Waals surface area contributed by atoms with Gasteiger partial charge in [-0.2, -0.15) is 5.26 Å². The van der Waals surface area contributed by atoms with Crippen molar-refractivity contribution in [1.29, 1.82) is 5.26 Å². The number of furan rings is 1. The van der Waals surface area contributed by atoms with E-state index in [9.17, 15) is 5.26 Å². The van der Waals surface area contributed by atoms with Crippen LogP contribution in [0, 0.1) is 11.3 Å². The third kappa shape index (κ3) is 5.62. The molecule has 2 fully saturated rings. The van der Waals surface area contributed by atoms with Gasteiger partial charge in [-0.3, -0.25) is 4.98 Å². The lowest BCUT2D eigenvalue weighted by atomic mass is 10.1. The number of pyridine rings is 1. The maximum atomic E-state index is 10.0. The first-order valence-corrected chi connectivity index (χ1v) is 14.0. The number of aromatic nitrogens is 1. The van der Waals surface area contributed by atoms with Crippen LogP contribution in [-0.2, 0) is 4.74 Å². The van der Waals surface area contributed by atoms with Crippen molar-refractivity contribution in [2.75, 3.05) is 38.2 Å². The van der Waals surface area contributed by atoms with Crippen LogP contribution < -0.4 is 14.8 Å². The highest BCUT2D eigenvalue weighted by Crippen LogP contribution is 2.42. The van der Waals surface area contributed by atoms with Gasteiger partial charge in [0.1, 0.15) is 23.2 Å². The Morgan fingerprint density at radius 1 is 1.13 bits per heavy atom. The second kappa shape index (κ2) is 11.7. The lowest BCUT2D eigenvalue weighted by molar-refractivity contribution is -0.105. The van der Waals surface area contributed by atoms with Gasteiger partial charge in [-0.05, 0) is 63.4 Å². The summed E-state index contributed by atoms with van der Waals surface area (Å²) in [6.07, 6.45) is 9.13. The highest BCUT2D eigenvalue weighted by atomic mass is 35.5. The molecule has 2 saturated heterocycles. The van der Waals surface area contributed by atoms with Crippen LogP contribution in [0.4, 0.5) is 11.4 Å². The quantitative estimate of drug-likeness (QED) is 0.224. The van der Waals surface area contributed by atoms with Crippen LogP contribution in [0.1, 0.15) is 44.1 Å². The van der Waals surface area contributed by atoms with Crippen LogP contribution in [0.25, 0.3) is 21.9 Å². The van der Waals surface area contributed by atoms with Crippen molar-refractivity contribution in [3.8, 4) is 17.6 Å². The number of likely N-dealkylation sites (tertiary alicyclic amines) is 1. The summed E-state index contributed by atoms with van der Waals surface area (Å²) in [5.41, 5.74) is 2.91. The second-order valence-corrected chi connectivity index (χ2v) is 10.4. The lowest BCUT2D eigenvalue weighted by Crippen LogP contribution is -2.25. The third-order valence-electron chi connectivity index (χ3n) is 7.34. The molecule has 0 bridgehead atoms. The zero-order valence-electron chi connectivity index (χ0n) is 21.7. The topological polar surface area (TPSA) is 92.8 Å². The molecular weight excluding hydrogens is 516 g/mol. The number of halogens is 1. The molecule has 4 heterocycles. The summed E-state index contributed by atoms with van der Waals surface area (Å²) < 4.78 is 24.1. The predicted molar refractivity (Wildman–Crippen MR) is 151 cm³/mol. The maximum Gasteiger partial charge on any atom is 0.199 e. The van der Waals surface area contributed by atoms with E-state index in [-0.39, 0.29) is 6.29 Å².